The van der Waals surface area contributed by atoms with E-state index in [1.165, 1.54) is 26.4 Å². The molecule has 59 heavy (non-hydrogen) atoms. The summed E-state index contributed by atoms with van der Waals surface area (Å²) in [7, 11) is 6.83. The van der Waals surface area contributed by atoms with Crippen LogP contribution in [0.1, 0.15) is 125 Å². The molecule has 2 N–H and O–H groups in total. The van der Waals surface area contributed by atoms with Gasteiger partial charge in [-0.2, -0.15) is 0 Å². The fourth-order valence-corrected chi connectivity index (χ4v) is 9.00. The Hall–Kier alpha value is -3.35. The number of aliphatic carboxylic acids is 1. The number of hydrogen-bond donors (Lipinski definition) is 2. The number of carbonyl (C=O) groups is 5. The SMILES string of the molecule is CCCCCCCN(C)[C@H](C(=O)N[C@H](C(=O)N(C)[C@@H]([C@@H](C)CC)[C@@H](CC(=O)N1CCC[C@H]1[C@H](OC)[C@@H](C)C(=O)C[C@@H](Cc1ccccc1)C(=O)O)OC)C(C)C)C(C)C. The molecule has 0 spiro atoms. The van der Waals surface area contributed by atoms with Crippen LogP contribution in [-0.4, -0.2) is 127 Å². The second kappa shape index (κ2) is 26.1. The molecular weight excluding hydrogens is 749 g/mol. The number of carboxylic acid groups (broad SMARTS) is 1. The van der Waals surface area contributed by atoms with Gasteiger partial charge in [-0.25, -0.2) is 0 Å². The molecule has 0 aliphatic carbocycles. The van der Waals surface area contributed by atoms with Crippen molar-refractivity contribution in [2.75, 3.05) is 41.4 Å². The average molecular weight is 829 g/mol. The minimum atomic E-state index is -1.02. The quantitative estimate of drug-likeness (QED) is 0.0865. The van der Waals surface area contributed by atoms with E-state index in [9.17, 15) is 29.1 Å². The van der Waals surface area contributed by atoms with Crippen LogP contribution in [-0.2, 0) is 39.9 Å². The maximum atomic E-state index is 14.5. The Balaban J connectivity index is 2.25. The molecule has 336 valence electrons. The van der Waals surface area contributed by atoms with E-state index in [-0.39, 0.29) is 72.6 Å². The van der Waals surface area contributed by atoms with Crippen molar-refractivity contribution in [3.05, 3.63) is 35.9 Å². The number of Topliss-reactive ketones (excluding diaryl/α,β-unsaturated/α-hetero) is 1. The number of unbranched alkanes of at least 4 members (excludes halogenated alkanes) is 4. The normalized spacial score (nSPS) is 18.6. The maximum absolute atomic E-state index is 14.5. The Bertz CT molecular complexity index is 1440. The lowest BCUT2D eigenvalue weighted by molar-refractivity contribution is -0.148. The largest absolute Gasteiger partial charge is 0.481 e. The number of rotatable bonds is 28. The Morgan fingerprint density at radius 1 is 0.881 bits per heavy atom. The third-order valence-corrected chi connectivity index (χ3v) is 12.7. The van der Waals surface area contributed by atoms with Gasteiger partial charge in [0.05, 0.1) is 42.7 Å². The lowest BCUT2D eigenvalue weighted by Gasteiger charge is -2.41. The minimum Gasteiger partial charge on any atom is -0.481 e. The van der Waals surface area contributed by atoms with Crippen LogP contribution in [0.15, 0.2) is 30.3 Å². The van der Waals surface area contributed by atoms with Crippen molar-refractivity contribution in [2.45, 2.75) is 162 Å². The Morgan fingerprint density at radius 2 is 1.53 bits per heavy atom. The molecule has 0 unspecified atom stereocenters. The van der Waals surface area contributed by atoms with Crippen LogP contribution in [0, 0.1) is 29.6 Å². The third-order valence-electron chi connectivity index (χ3n) is 12.7. The molecule has 2 rings (SSSR count). The van der Waals surface area contributed by atoms with Gasteiger partial charge in [0.1, 0.15) is 11.8 Å². The van der Waals surface area contributed by atoms with Crippen molar-refractivity contribution in [1.29, 1.82) is 0 Å². The maximum Gasteiger partial charge on any atom is 0.307 e. The average Bonchev–Trinajstić information content (AvgIpc) is 3.68. The van der Waals surface area contributed by atoms with Gasteiger partial charge in [-0.1, -0.05) is 118 Å². The number of hydrogen-bond acceptors (Lipinski definition) is 8. The molecule has 0 saturated carbocycles. The Morgan fingerprint density at radius 3 is 2.07 bits per heavy atom. The Labute approximate surface area is 356 Å². The van der Waals surface area contributed by atoms with E-state index in [2.05, 4.69) is 17.1 Å². The topological polar surface area (TPSA) is 146 Å². The van der Waals surface area contributed by atoms with E-state index in [1.54, 1.807) is 30.9 Å². The van der Waals surface area contributed by atoms with Crippen molar-refractivity contribution in [3.63, 3.8) is 0 Å². The van der Waals surface area contributed by atoms with Crippen LogP contribution in [0.2, 0.25) is 0 Å². The van der Waals surface area contributed by atoms with Crippen molar-refractivity contribution >= 4 is 29.5 Å². The van der Waals surface area contributed by atoms with Gasteiger partial charge in [-0.3, -0.25) is 28.9 Å². The highest BCUT2D eigenvalue weighted by Crippen LogP contribution is 2.31. The number of carbonyl (C=O) groups excluding carboxylic acids is 4. The molecule has 9 atom stereocenters. The molecule has 1 aromatic carbocycles. The monoisotopic (exact) mass is 829 g/mol. The molecule has 1 saturated heterocycles. The summed E-state index contributed by atoms with van der Waals surface area (Å²) in [6.45, 7) is 17.3. The van der Waals surface area contributed by atoms with Crippen LogP contribution >= 0.6 is 0 Å². The molecule has 12 nitrogen and oxygen atoms in total. The summed E-state index contributed by atoms with van der Waals surface area (Å²) in [6.07, 6.45) is 6.65. The number of methoxy groups -OCH3 is 2. The first kappa shape index (κ1) is 51.8. The zero-order chi connectivity index (χ0) is 44.4. The minimum absolute atomic E-state index is 0.00767. The molecule has 1 aliphatic rings. The second-order valence-electron chi connectivity index (χ2n) is 17.8. The number of likely N-dealkylation sites (tertiary alicyclic amines) is 1. The predicted molar refractivity (Wildman–Crippen MR) is 234 cm³/mol. The summed E-state index contributed by atoms with van der Waals surface area (Å²) in [6, 6.07) is 7.27. The standard InChI is InChI=1S/C47H80N4O8/c1-13-15-16-17-21-26-49(9)42(32(5)6)45(54)48-41(31(3)4)46(55)50(10)43(33(7)14-2)39(58-11)30-40(53)51-27-22-25-37(51)44(59-12)34(8)38(52)29-36(47(56)57)28-35-23-19-18-20-24-35/h18-20,23-24,31-34,36-37,39,41-44H,13-17,21-22,25-30H2,1-12H3,(H,48,54)(H,56,57)/t33-,34-,36+,37-,39+,41-,42-,43-,44+/m0/s1. The number of amides is 3. The van der Waals surface area contributed by atoms with Gasteiger partial charge in [-0.05, 0) is 62.6 Å². The van der Waals surface area contributed by atoms with Crippen LogP contribution in [0.5, 0.6) is 0 Å². The van der Waals surface area contributed by atoms with E-state index in [4.69, 9.17) is 9.47 Å². The van der Waals surface area contributed by atoms with Gasteiger partial charge in [-0.15, -0.1) is 0 Å². The highest BCUT2D eigenvalue weighted by Gasteiger charge is 2.43. The number of ketones is 1. The fraction of sp³-hybridized carbons (Fsp3) is 0.766. The fourth-order valence-electron chi connectivity index (χ4n) is 9.00. The summed E-state index contributed by atoms with van der Waals surface area (Å²) in [5.74, 6) is -3.49. The summed E-state index contributed by atoms with van der Waals surface area (Å²) in [5.41, 5.74) is 0.850. The van der Waals surface area contributed by atoms with E-state index >= 15 is 0 Å². The van der Waals surface area contributed by atoms with Gasteiger partial charge in [0.15, 0.2) is 0 Å². The zero-order valence-corrected chi connectivity index (χ0v) is 38.6. The van der Waals surface area contributed by atoms with E-state index in [0.29, 0.717) is 13.0 Å². The molecule has 12 heteroatoms. The Kier molecular flexibility index (Phi) is 22.9. The molecule has 1 aromatic rings. The van der Waals surface area contributed by atoms with Gasteiger partial charge in [0, 0.05) is 40.2 Å². The number of benzene rings is 1. The molecular formula is C47H80N4O8. The second-order valence-corrected chi connectivity index (χ2v) is 17.8. The van der Waals surface area contributed by atoms with Crippen molar-refractivity contribution in [2.24, 2.45) is 29.6 Å². The zero-order valence-electron chi connectivity index (χ0n) is 38.6. The number of ether oxygens (including phenoxy) is 2. The van der Waals surface area contributed by atoms with Crippen molar-refractivity contribution < 1.29 is 38.6 Å². The number of nitrogens with zero attached hydrogens (tertiary/aromatic N) is 3. The molecule has 0 radical (unpaired) electrons. The molecule has 1 fully saturated rings. The van der Waals surface area contributed by atoms with Gasteiger partial charge >= 0.3 is 5.97 Å². The van der Waals surface area contributed by atoms with Crippen LogP contribution < -0.4 is 5.32 Å². The molecule has 1 heterocycles. The first-order valence-electron chi connectivity index (χ1n) is 22.4. The lowest BCUT2D eigenvalue weighted by Crippen LogP contribution is -2.60. The molecule has 1 aliphatic heterocycles. The molecule has 0 aromatic heterocycles. The van der Waals surface area contributed by atoms with Gasteiger partial charge < -0.3 is 29.7 Å². The van der Waals surface area contributed by atoms with E-state index in [0.717, 1.165) is 37.8 Å². The van der Waals surface area contributed by atoms with Crippen LogP contribution in [0.4, 0.5) is 0 Å². The summed E-state index contributed by atoms with van der Waals surface area (Å²) in [5, 5.41) is 13.1. The smallest absolute Gasteiger partial charge is 0.307 e. The van der Waals surface area contributed by atoms with E-state index in [1.807, 2.05) is 78.9 Å². The van der Waals surface area contributed by atoms with Crippen LogP contribution in [0.3, 0.4) is 0 Å². The number of carboxylic acids is 1. The van der Waals surface area contributed by atoms with Crippen molar-refractivity contribution in [1.82, 2.24) is 20.0 Å². The van der Waals surface area contributed by atoms with Crippen molar-refractivity contribution in [3.8, 4) is 0 Å². The molecule has 3 amide bonds. The number of likely N-dealkylation sites (N-methyl/N-ethyl adjacent to an activating group) is 2. The summed E-state index contributed by atoms with van der Waals surface area (Å²) < 4.78 is 12.0. The third kappa shape index (κ3) is 15.3. The highest BCUT2D eigenvalue weighted by atomic mass is 16.5. The first-order chi connectivity index (χ1) is 27.9. The van der Waals surface area contributed by atoms with Gasteiger partial charge in [0.25, 0.3) is 0 Å². The predicted octanol–water partition coefficient (Wildman–Crippen LogP) is 6.88. The highest BCUT2D eigenvalue weighted by molar-refractivity contribution is 5.90. The number of nitrogens with one attached hydrogen (secondary N) is 1. The summed E-state index contributed by atoms with van der Waals surface area (Å²) >= 11 is 0. The summed E-state index contributed by atoms with van der Waals surface area (Å²) in [4.78, 5) is 74.1. The van der Waals surface area contributed by atoms with Crippen LogP contribution in [0.25, 0.3) is 0 Å². The lowest BCUT2D eigenvalue weighted by atomic mass is 9.85. The van der Waals surface area contributed by atoms with Gasteiger partial charge in [0.2, 0.25) is 17.7 Å². The molecule has 0 bridgehead atoms. The first-order valence-corrected chi connectivity index (χ1v) is 22.4. The van der Waals surface area contributed by atoms with E-state index < -0.39 is 42.1 Å².